The molecule has 1 rings (SSSR count). The largest absolute Gasteiger partial charge is 0.480 e. The Morgan fingerprint density at radius 2 is 1.76 bits per heavy atom. The molecule has 0 aliphatic rings. The van der Waals surface area contributed by atoms with Gasteiger partial charge in [0.2, 0.25) is 0 Å². The summed E-state index contributed by atoms with van der Waals surface area (Å²) in [6.45, 7) is 2.52. The fourth-order valence-corrected chi connectivity index (χ4v) is 2.32. The van der Waals surface area contributed by atoms with Gasteiger partial charge in [0.15, 0.2) is 0 Å². The van der Waals surface area contributed by atoms with Crippen LogP contribution in [0.4, 0.5) is 0 Å². The molecule has 144 valence electrons. The van der Waals surface area contributed by atoms with Crippen molar-refractivity contribution in [1.82, 2.24) is 0 Å². The minimum atomic E-state index is -3.44. The fraction of sp³-hybridized carbons (Fsp3) is 0.562. The lowest BCUT2D eigenvalue weighted by atomic mass is 10.1. The van der Waals surface area contributed by atoms with E-state index < -0.39 is 22.1 Å². The van der Waals surface area contributed by atoms with E-state index in [-0.39, 0.29) is 6.04 Å². The molecule has 0 saturated heterocycles. The molecule has 8 nitrogen and oxygen atoms in total. The van der Waals surface area contributed by atoms with Crippen LogP contribution in [0.1, 0.15) is 31.7 Å². The van der Waals surface area contributed by atoms with Crippen LogP contribution < -0.4 is 21.4 Å². The molecular weight excluding hydrogens is 346 g/mol. The smallest absolute Gasteiger partial charge is 0.320 e. The monoisotopic (exact) mass is 375 g/mol. The molecule has 0 bridgehead atoms. The molecule has 1 aromatic carbocycles. The summed E-state index contributed by atoms with van der Waals surface area (Å²) in [6.07, 6.45) is 3.94. The average Bonchev–Trinajstić information content (AvgIpc) is 2.48. The van der Waals surface area contributed by atoms with E-state index in [4.69, 9.17) is 26.5 Å². The van der Waals surface area contributed by atoms with Crippen molar-refractivity contribution in [3.8, 4) is 5.75 Å². The Morgan fingerprint density at radius 1 is 1.20 bits per heavy atom. The molecule has 0 heterocycles. The minimum Gasteiger partial charge on any atom is -0.480 e. The lowest BCUT2D eigenvalue weighted by molar-refractivity contribution is -0.138. The van der Waals surface area contributed by atoms with Gasteiger partial charge < -0.3 is 26.5 Å². The van der Waals surface area contributed by atoms with E-state index in [9.17, 15) is 13.2 Å². The first-order valence-corrected chi connectivity index (χ1v) is 9.79. The third kappa shape index (κ3) is 13.3. The van der Waals surface area contributed by atoms with Crippen LogP contribution in [0.5, 0.6) is 5.75 Å². The van der Waals surface area contributed by atoms with Crippen LogP contribution in [-0.4, -0.2) is 44.4 Å². The Balaban J connectivity index is 0.000000504. The van der Waals surface area contributed by atoms with Crippen LogP contribution in [0, 0.1) is 0 Å². The summed E-state index contributed by atoms with van der Waals surface area (Å²) in [6, 6.07) is 6.24. The van der Waals surface area contributed by atoms with Gasteiger partial charge in [-0.15, -0.1) is 0 Å². The number of rotatable bonds is 9. The number of aliphatic carboxylic acids is 1. The van der Waals surface area contributed by atoms with Crippen LogP contribution >= 0.6 is 0 Å². The van der Waals surface area contributed by atoms with Crippen molar-refractivity contribution in [1.29, 1.82) is 0 Å². The molecule has 7 N–H and O–H groups in total. The molecule has 0 saturated carbocycles. The fourth-order valence-electron chi connectivity index (χ4n) is 1.86. The second kappa shape index (κ2) is 11.8. The van der Waals surface area contributed by atoms with E-state index in [1.165, 1.54) is 0 Å². The topological polar surface area (TPSA) is 159 Å². The molecule has 0 radical (unpaired) electrons. The average molecular weight is 375 g/mol. The van der Waals surface area contributed by atoms with Gasteiger partial charge in [-0.3, -0.25) is 4.79 Å². The zero-order valence-electron chi connectivity index (χ0n) is 14.7. The summed E-state index contributed by atoms with van der Waals surface area (Å²) in [5, 5.41) is 8.33. The zero-order chi connectivity index (χ0) is 19.5. The molecule has 25 heavy (non-hydrogen) atoms. The summed E-state index contributed by atoms with van der Waals surface area (Å²) < 4.78 is 26.3. The lowest BCUT2D eigenvalue weighted by Crippen LogP contribution is -2.29. The van der Waals surface area contributed by atoms with Crippen molar-refractivity contribution in [2.75, 3.05) is 12.8 Å². The number of carbonyl (C=O) groups is 1. The first kappa shape index (κ1) is 23.3. The van der Waals surface area contributed by atoms with Gasteiger partial charge in [-0.25, -0.2) is 0 Å². The van der Waals surface area contributed by atoms with Gasteiger partial charge in [-0.05, 0) is 50.4 Å². The molecule has 9 heteroatoms. The van der Waals surface area contributed by atoms with Gasteiger partial charge in [-0.1, -0.05) is 18.6 Å². The van der Waals surface area contributed by atoms with Crippen LogP contribution in [0.3, 0.4) is 0 Å². The SMILES string of the molecule is C[C@@H](N)Cc1ccc(OS(C)(=O)=O)cc1.NCCCC[C@H](N)C(=O)O. The summed E-state index contributed by atoms with van der Waals surface area (Å²) in [5.41, 5.74) is 17.1. The van der Waals surface area contributed by atoms with E-state index in [1.54, 1.807) is 12.1 Å². The number of hydrogen-bond acceptors (Lipinski definition) is 7. The molecule has 0 aliphatic heterocycles. The number of carboxylic acid groups (broad SMARTS) is 1. The Kier molecular flexibility index (Phi) is 11.0. The van der Waals surface area contributed by atoms with Gasteiger partial charge in [0.25, 0.3) is 0 Å². The minimum absolute atomic E-state index is 0.0895. The van der Waals surface area contributed by atoms with Crippen molar-refractivity contribution in [3.05, 3.63) is 29.8 Å². The Hall–Kier alpha value is -1.68. The van der Waals surface area contributed by atoms with Crippen molar-refractivity contribution in [2.45, 2.75) is 44.7 Å². The maximum absolute atomic E-state index is 10.8. The number of hydrogen-bond donors (Lipinski definition) is 4. The highest BCUT2D eigenvalue weighted by Crippen LogP contribution is 2.14. The normalized spacial score (nSPS) is 13.3. The molecular formula is C16H29N3O5S. The van der Waals surface area contributed by atoms with Gasteiger partial charge in [0.05, 0.1) is 6.26 Å². The number of unbranched alkanes of at least 4 members (excludes halogenated alkanes) is 1. The lowest BCUT2D eigenvalue weighted by Gasteiger charge is -2.06. The van der Waals surface area contributed by atoms with E-state index >= 15 is 0 Å². The number of benzene rings is 1. The molecule has 1 aromatic rings. The summed E-state index contributed by atoms with van der Waals surface area (Å²) >= 11 is 0. The quantitative estimate of drug-likeness (QED) is 0.357. The highest BCUT2D eigenvalue weighted by Gasteiger charge is 2.09. The second-order valence-electron chi connectivity index (χ2n) is 5.84. The van der Waals surface area contributed by atoms with Gasteiger partial charge in [-0.2, -0.15) is 8.42 Å². The molecule has 0 unspecified atom stereocenters. The molecule has 0 aromatic heterocycles. The Morgan fingerprint density at radius 3 is 2.16 bits per heavy atom. The van der Waals surface area contributed by atoms with Crippen LogP contribution in [0.15, 0.2) is 24.3 Å². The van der Waals surface area contributed by atoms with Crippen LogP contribution in [0.25, 0.3) is 0 Å². The highest BCUT2D eigenvalue weighted by molar-refractivity contribution is 7.86. The van der Waals surface area contributed by atoms with Gasteiger partial charge in [0.1, 0.15) is 11.8 Å². The number of nitrogens with two attached hydrogens (primary N) is 3. The predicted molar refractivity (Wildman–Crippen MR) is 97.8 cm³/mol. The van der Waals surface area contributed by atoms with E-state index in [1.807, 2.05) is 19.1 Å². The molecule has 0 fully saturated rings. The van der Waals surface area contributed by atoms with Crippen molar-refractivity contribution < 1.29 is 22.5 Å². The molecule has 0 amide bonds. The van der Waals surface area contributed by atoms with Crippen LogP contribution in [0.2, 0.25) is 0 Å². The van der Waals surface area contributed by atoms with Gasteiger partial charge >= 0.3 is 16.1 Å². The number of carboxylic acids is 1. The third-order valence-corrected chi connectivity index (χ3v) is 3.51. The maximum atomic E-state index is 10.8. The Bertz CT molecular complexity index is 603. The second-order valence-corrected chi connectivity index (χ2v) is 7.42. The van der Waals surface area contributed by atoms with Crippen molar-refractivity contribution in [3.63, 3.8) is 0 Å². The van der Waals surface area contributed by atoms with E-state index in [0.29, 0.717) is 18.7 Å². The maximum Gasteiger partial charge on any atom is 0.320 e. The highest BCUT2D eigenvalue weighted by atomic mass is 32.2. The molecule has 0 spiro atoms. The zero-order valence-corrected chi connectivity index (χ0v) is 15.5. The first-order valence-electron chi connectivity index (χ1n) is 7.97. The molecule has 0 aliphatic carbocycles. The first-order chi connectivity index (χ1) is 11.5. The standard InChI is InChI=1S/C10H15NO3S.C6H14N2O2/c1-8(11)7-9-3-5-10(6-4-9)14-15(2,12)13;7-4-2-1-3-5(8)6(9)10/h3-6,8H,7,11H2,1-2H3;5H,1-4,7-8H2,(H,9,10)/t8-;5-/m10/s1. The summed E-state index contributed by atoms with van der Waals surface area (Å²) in [4.78, 5) is 10.1. The van der Waals surface area contributed by atoms with E-state index in [0.717, 1.165) is 31.1 Å². The van der Waals surface area contributed by atoms with Crippen LogP contribution in [-0.2, 0) is 21.3 Å². The van der Waals surface area contributed by atoms with E-state index in [2.05, 4.69) is 0 Å². The van der Waals surface area contributed by atoms with Crippen molar-refractivity contribution >= 4 is 16.1 Å². The molecule has 2 atom stereocenters. The predicted octanol–water partition coefficient (Wildman–Crippen LogP) is 0.442. The van der Waals surface area contributed by atoms with Crippen molar-refractivity contribution in [2.24, 2.45) is 17.2 Å². The van der Waals surface area contributed by atoms with Gasteiger partial charge in [0, 0.05) is 6.04 Å². The summed E-state index contributed by atoms with van der Waals surface area (Å²) in [7, 11) is -3.44. The summed E-state index contributed by atoms with van der Waals surface area (Å²) in [5.74, 6) is -0.608. The Labute approximate surface area is 149 Å². The third-order valence-electron chi connectivity index (χ3n) is 3.02.